The molecule has 0 fully saturated rings. The molecule has 2 aromatic heterocycles. The summed E-state index contributed by atoms with van der Waals surface area (Å²) in [5.74, 6) is -1.69. The summed E-state index contributed by atoms with van der Waals surface area (Å²) in [6.07, 6.45) is 1.36. The molecule has 0 aliphatic heterocycles. The van der Waals surface area contributed by atoms with E-state index in [1.165, 1.54) is 55.2 Å². The SMILES string of the molecule is COc1ccnc(C(=O)N[C@@H](C)c2nc(C(c3ccc(F)cc3)c3ccc(F)cc3)nn2C)c1OC(C)=O. The van der Waals surface area contributed by atoms with Gasteiger partial charge < -0.3 is 14.8 Å². The van der Waals surface area contributed by atoms with Gasteiger partial charge in [0.25, 0.3) is 5.91 Å². The average molecular weight is 522 g/mol. The minimum absolute atomic E-state index is 0.0986. The van der Waals surface area contributed by atoms with Crippen LogP contribution in [0.1, 0.15) is 59.1 Å². The van der Waals surface area contributed by atoms with Crippen molar-refractivity contribution in [2.24, 2.45) is 7.05 Å². The largest absolute Gasteiger partial charge is 0.493 e. The zero-order valence-corrected chi connectivity index (χ0v) is 21.1. The van der Waals surface area contributed by atoms with Crippen LogP contribution in [0, 0.1) is 11.6 Å². The minimum atomic E-state index is -0.644. The van der Waals surface area contributed by atoms with Crippen molar-refractivity contribution in [2.75, 3.05) is 7.11 Å². The number of ether oxygens (including phenoxy) is 2. The van der Waals surface area contributed by atoms with Gasteiger partial charge in [-0.25, -0.2) is 18.7 Å². The lowest BCUT2D eigenvalue weighted by Crippen LogP contribution is -2.30. The summed E-state index contributed by atoms with van der Waals surface area (Å²) < 4.78 is 39.1. The van der Waals surface area contributed by atoms with E-state index in [-0.39, 0.29) is 17.2 Å². The number of aryl methyl sites for hydroxylation is 1. The number of nitrogens with zero attached hydrogens (tertiary/aromatic N) is 4. The average Bonchev–Trinajstić information content (AvgIpc) is 3.27. The fourth-order valence-electron chi connectivity index (χ4n) is 4.04. The van der Waals surface area contributed by atoms with Crippen molar-refractivity contribution >= 4 is 11.9 Å². The number of amides is 1. The maximum absolute atomic E-state index is 13.6. The highest BCUT2D eigenvalue weighted by Crippen LogP contribution is 2.32. The second-order valence-electron chi connectivity index (χ2n) is 8.47. The molecular weight excluding hydrogens is 496 g/mol. The second-order valence-corrected chi connectivity index (χ2v) is 8.47. The molecule has 0 aliphatic rings. The summed E-state index contributed by atoms with van der Waals surface area (Å²) in [5.41, 5.74) is 1.28. The highest BCUT2D eigenvalue weighted by Gasteiger charge is 2.27. The summed E-state index contributed by atoms with van der Waals surface area (Å²) in [4.78, 5) is 33.4. The first kappa shape index (κ1) is 26.4. The molecule has 2 aromatic carbocycles. The number of pyridine rings is 1. The zero-order valence-electron chi connectivity index (χ0n) is 21.1. The maximum Gasteiger partial charge on any atom is 0.308 e. The van der Waals surface area contributed by atoms with Gasteiger partial charge in [0.15, 0.2) is 17.3 Å². The topological polar surface area (TPSA) is 108 Å². The number of benzene rings is 2. The molecule has 9 nitrogen and oxygen atoms in total. The van der Waals surface area contributed by atoms with E-state index in [0.29, 0.717) is 22.8 Å². The molecule has 4 rings (SSSR count). The summed E-state index contributed by atoms with van der Waals surface area (Å²) in [6, 6.07) is 12.6. The van der Waals surface area contributed by atoms with Crippen molar-refractivity contribution in [1.82, 2.24) is 25.1 Å². The Morgan fingerprint density at radius 3 is 2.08 bits per heavy atom. The molecule has 2 heterocycles. The van der Waals surface area contributed by atoms with Crippen LogP contribution in [-0.2, 0) is 11.8 Å². The van der Waals surface area contributed by atoms with E-state index >= 15 is 0 Å². The van der Waals surface area contributed by atoms with Crippen LogP contribution in [0.2, 0.25) is 0 Å². The van der Waals surface area contributed by atoms with Gasteiger partial charge in [-0.2, -0.15) is 5.10 Å². The third-order valence-corrected chi connectivity index (χ3v) is 5.76. The van der Waals surface area contributed by atoms with Gasteiger partial charge in [0.05, 0.1) is 19.1 Å². The van der Waals surface area contributed by atoms with E-state index in [4.69, 9.17) is 9.47 Å². The molecule has 1 amide bonds. The first-order valence-corrected chi connectivity index (χ1v) is 11.6. The van der Waals surface area contributed by atoms with Crippen LogP contribution in [0.4, 0.5) is 8.78 Å². The Morgan fingerprint density at radius 2 is 1.55 bits per heavy atom. The van der Waals surface area contributed by atoms with E-state index in [0.717, 1.165) is 0 Å². The molecule has 0 unspecified atom stereocenters. The van der Waals surface area contributed by atoms with Crippen molar-refractivity contribution in [1.29, 1.82) is 0 Å². The highest BCUT2D eigenvalue weighted by atomic mass is 19.1. The third kappa shape index (κ3) is 5.66. The highest BCUT2D eigenvalue weighted by molar-refractivity contribution is 5.96. The lowest BCUT2D eigenvalue weighted by Gasteiger charge is -2.16. The van der Waals surface area contributed by atoms with Gasteiger partial charge in [-0.3, -0.25) is 14.3 Å². The van der Waals surface area contributed by atoms with Gasteiger partial charge in [0.1, 0.15) is 17.5 Å². The normalized spacial score (nSPS) is 11.8. The monoisotopic (exact) mass is 521 g/mol. The first-order valence-electron chi connectivity index (χ1n) is 11.6. The molecule has 0 spiro atoms. The Balaban J connectivity index is 1.66. The van der Waals surface area contributed by atoms with Gasteiger partial charge >= 0.3 is 5.97 Å². The number of rotatable bonds is 8. The van der Waals surface area contributed by atoms with Crippen LogP contribution < -0.4 is 14.8 Å². The number of esters is 1. The van der Waals surface area contributed by atoms with Crippen molar-refractivity contribution in [3.05, 3.63) is 101 Å². The standard InChI is InChI=1S/C27H25F2N5O4/c1-15(31-27(36)23-24(38-16(2)35)21(37-4)13-14-30-23)26-32-25(33-34(26)3)22(17-5-9-19(28)10-6-17)18-7-11-20(29)12-8-18/h5-15,22H,1-4H3,(H,31,36)/t15-/m0/s1. The van der Waals surface area contributed by atoms with Crippen LogP contribution >= 0.6 is 0 Å². The number of nitrogens with one attached hydrogen (secondary N) is 1. The Morgan fingerprint density at radius 1 is 0.974 bits per heavy atom. The Labute approximate surface area is 217 Å². The molecule has 196 valence electrons. The fraction of sp³-hybridized carbons (Fsp3) is 0.222. The first-order chi connectivity index (χ1) is 18.2. The molecule has 0 bridgehead atoms. The molecule has 4 aromatic rings. The van der Waals surface area contributed by atoms with Gasteiger partial charge in [-0.15, -0.1) is 0 Å². The minimum Gasteiger partial charge on any atom is -0.493 e. The Kier molecular flexibility index (Phi) is 7.75. The number of halogens is 2. The van der Waals surface area contributed by atoms with Gasteiger partial charge in [0.2, 0.25) is 5.75 Å². The third-order valence-electron chi connectivity index (χ3n) is 5.76. The Hall–Kier alpha value is -4.67. The van der Waals surface area contributed by atoms with Crippen LogP contribution in [-0.4, -0.2) is 38.7 Å². The summed E-state index contributed by atoms with van der Waals surface area (Å²) >= 11 is 0. The molecule has 0 saturated heterocycles. The number of carbonyl (C=O) groups is 2. The van der Waals surface area contributed by atoms with Crippen molar-refractivity contribution in [2.45, 2.75) is 25.8 Å². The number of carbonyl (C=O) groups excluding carboxylic acids is 2. The molecule has 0 radical (unpaired) electrons. The van der Waals surface area contributed by atoms with E-state index in [2.05, 4.69) is 20.4 Å². The van der Waals surface area contributed by atoms with E-state index < -0.39 is 35.5 Å². The molecule has 1 N–H and O–H groups in total. The fourth-order valence-corrected chi connectivity index (χ4v) is 4.04. The number of methoxy groups -OCH3 is 1. The maximum atomic E-state index is 13.6. The van der Waals surface area contributed by atoms with Gasteiger partial charge in [0, 0.05) is 26.2 Å². The Bertz CT molecular complexity index is 1410. The summed E-state index contributed by atoms with van der Waals surface area (Å²) in [6.45, 7) is 2.92. The molecule has 1 atom stereocenters. The second kappa shape index (κ2) is 11.2. The summed E-state index contributed by atoms with van der Waals surface area (Å²) in [7, 11) is 3.06. The van der Waals surface area contributed by atoms with Crippen LogP contribution in [0.5, 0.6) is 11.5 Å². The van der Waals surface area contributed by atoms with Crippen LogP contribution in [0.3, 0.4) is 0 Å². The van der Waals surface area contributed by atoms with Gasteiger partial charge in [-0.05, 0) is 42.3 Å². The molecule has 0 saturated carbocycles. The van der Waals surface area contributed by atoms with Crippen molar-refractivity contribution in [3.63, 3.8) is 0 Å². The molecule has 0 aliphatic carbocycles. The van der Waals surface area contributed by atoms with Gasteiger partial charge in [-0.1, -0.05) is 24.3 Å². The lowest BCUT2D eigenvalue weighted by molar-refractivity contribution is -0.132. The van der Waals surface area contributed by atoms with E-state index in [1.807, 2.05) is 0 Å². The predicted molar refractivity (Wildman–Crippen MR) is 133 cm³/mol. The number of hydrogen-bond acceptors (Lipinski definition) is 7. The molecular formula is C27H25F2N5O4. The van der Waals surface area contributed by atoms with Crippen LogP contribution in [0.15, 0.2) is 60.8 Å². The number of hydrogen-bond donors (Lipinski definition) is 1. The summed E-state index contributed by atoms with van der Waals surface area (Å²) in [5, 5.41) is 7.35. The van der Waals surface area contributed by atoms with E-state index in [1.54, 1.807) is 38.2 Å². The quantitative estimate of drug-likeness (QED) is 0.348. The van der Waals surface area contributed by atoms with Crippen LogP contribution in [0.25, 0.3) is 0 Å². The van der Waals surface area contributed by atoms with Crippen molar-refractivity contribution in [3.8, 4) is 11.5 Å². The lowest BCUT2D eigenvalue weighted by atomic mass is 9.90. The molecule has 38 heavy (non-hydrogen) atoms. The van der Waals surface area contributed by atoms with Crippen molar-refractivity contribution < 1.29 is 27.8 Å². The predicted octanol–water partition coefficient (Wildman–Crippen LogP) is 4.09. The number of aromatic nitrogens is 4. The zero-order chi connectivity index (χ0) is 27.4. The van der Waals surface area contributed by atoms with E-state index in [9.17, 15) is 18.4 Å². The molecule has 11 heteroatoms. The smallest absolute Gasteiger partial charge is 0.308 e.